The van der Waals surface area contributed by atoms with Gasteiger partial charge >= 0.3 is 0 Å². The molecule has 0 atom stereocenters. The first-order valence-electron chi connectivity index (χ1n) is 7.61. The Kier molecular flexibility index (Phi) is 7.13. The van der Waals surface area contributed by atoms with Crippen molar-refractivity contribution in [2.24, 2.45) is 15.2 Å². The Labute approximate surface area is 156 Å². The summed E-state index contributed by atoms with van der Waals surface area (Å²) in [6.45, 7) is 1.67. The van der Waals surface area contributed by atoms with Crippen LogP contribution in [0.15, 0.2) is 57.7 Å². The van der Waals surface area contributed by atoms with Gasteiger partial charge in [0.1, 0.15) is 17.2 Å². The maximum absolute atomic E-state index is 9.30. The number of nitrogens with one attached hydrogen (secondary N) is 1. The van der Waals surface area contributed by atoms with Crippen molar-refractivity contribution in [3.05, 3.63) is 53.1 Å². The van der Waals surface area contributed by atoms with E-state index < -0.39 is 0 Å². The molecule has 0 spiro atoms. The Hall–Kier alpha value is -2.90. The number of rotatable bonds is 6. The van der Waals surface area contributed by atoms with Gasteiger partial charge in [0.15, 0.2) is 5.84 Å². The molecular formula is C18H19ClN4O3. The van der Waals surface area contributed by atoms with Crippen LogP contribution in [0, 0.1) is 0 Å². The van der Waals surface area contributed by atoms with Gasteiger partial charge in [0, 0.05) is 16.7 Å². The highest BCUT2D eigenvalue weighted by Crippen LogP contribution is 2.23. The lowest BCUT2D eigenvalue weighted by atomic mass is 10.2. The van der Waals surface area contributed by atoms with Gasteiger partial charge in [-0.2, -0.15) is 10.2 Å². The van der Waals surface area contributed by atoms with Crippen LogP contribution in [0.5, 0.6) is 11.5 Å². The minimum absolute atomic E-state index is 0.172. The van der Waals surface area contributed by atoms with E-state index in [1.54, 1.807) is 69.8 Å². The molecule has 0 aliphatic carbocycles. The molecule has 2 aromatic carbocycles. The average molecular weight is 375 g/mol. The second-order valence-electron chi connectivity index (χ2n) is 5.09. The summed E-state index contributed by atoms with van der Waals surface area (Å²) >= 11 is 5.84. The van der Waals surface area contributed by atoms with Crippen LogP contribution in [0.4, 0.5) is 5.69 Å². The molecule has 7 nitrogen and oxygen atoms in total. The van der Waals surface area contributed by atoms with Crippen LogP contribution in [-0.2, 0) is 0 Å². The highest BCUT2D eigenvalue weighted by Gasteiger charge is 2.04. The van der Waals surface area contributed by atoms with Crippen molar-refractivity contribution in [1.82, 2.24) is 5.48 Å². The molecular weight excluding hydrogens is 356 g/mol. The molecule has 0 amide bonds. The lowest BCUT2D eigenvalue weighted by Gasteiger charge is -2.06. The van der Waals surface area contributed by atoms with Crippen molar-refractivity contribution in [3.8, 4) is 11.5 Å². The zero-order chi connectivity index (χ0) is 18.9. The summed E-state index contributed by atoms with van der Waals surface area (Å²) < 4.78 is 10.4. The number of hydroxylamine groups is 1. The van der Waals surface area contributed by atoms with E-state index >= 15 is 0 Å². The fourth-order valence-electron chi connectivity index (χ4n) is 1.98. The number of aliphatic imine (C=N–C) groups is 1. The summed E-state index contributed by atoms with van der Waals surface area (Å²) in [6.07, 6.45) is 1.54. The zero-order valence-corrected chi connectivity index (χ0v) is 15.4. The van der Waals surface area contributed by atoms with Gasteiger partial charge in [0.25, 0.3) is 0 Å². The Balaban J connectivity index is 2.19. The number of amidine groups is 1. The number of hydrogen-bond acceptors (Lipinski definition) is 6. The predicted molar refractivity (Wildman–Crippen MR) is 104 cm³/mol. The highest BCUT2D eigenvalue weighted by atomic mass is 35.5. The standard InChI is InChI=1S/C18H19ClN4O3/c1-12(18(23-24)21-15-7-5-14(19)6-8-15)22-20-11-13-4-9-16(25-2)10-17(13)26-3/h4-11,24H,1-3H3,(H,21,23)/b20-11+,22-12+. The van der Waals surface area contributed by atoms with Crippen molar-refractivity contribution in [3.63, 3.8) is 0 Å². The number of nitrogens with zero attached hydrogens (tertiary/aromatic N) is 3. The van der Waals surface area contributed by atoms with Gasteiger partial charge in [-0.3, -0.25) is 10.7 Å². The van der Waals surface area contributed by atoms with Crippen molar-refractivity contribution in [1.29, 1.82) is 0 Å². The second kappa shape index (κ2) is 9.55. The largest absolute Gasteiger partial charge is 0.497 e. The predicted octanol–water partition coefficient (Wildman–Crippen LogP) is 3.86. The first-order chi connectivity index (χ1) is 12.6. The van der Waals surface area contributed by atoms with E-state index in [1.807, 2.05) is 5.48 Å². The molecule has 0 saturated heterocycles. The van der Waals surface area contributed by atoms with E-state index in [4.69, 9.17) is 21.1 Å². The topological polar surface area (TPSA) is 87.8 Å². The lowest BCUT2D eigenvalue weighted by molar-refractivity contribution is 0.236. The van der Waals surface area contributed by atoms with Crippen molar-refractivity contribution in [2.75, 3.05) is 14.2 Å². The monoisotopic (exact) mass is 374 g/mol. The molecule has 2 aromatic rings. The Morgan fingerprint density at radius 1 is 1.12 bits per heavy atom. The van der Waals surface area contributed by atoms with Crippen LogP contribution in [-0.4, -0.2) is 37.2 Å². The number of hydrogen-bond donors (Lipinski definition) is 2. The van der Waals surface area contributed by atoms with Crippen molar-refractivity contribution in [2.45, 2.75) is 6.92 Å². The quantitative estimate of drug-likeness (QED) is 0.456. The molecule has 2 N–H and O–H groups in total. The van der Waals surface area contributed by atoms with Crippen LogP contribution >= 0.6 is 11.6 Å². The van der Waals surface area contributed by atoms with Crippen LogP contribution in [0.2, 0.25) is 5.02 Å². The summed E-state index contributed by atoms with van der Waals surface area (Å²) in [7, 11) is 3.15. The third-order valence-corrected chi connectivity index (χ3v) is 3.61. The Morgan fingerprint density at radius 3 is 2.46 bits per heavy atom. The van der Waals surface area contributed by atoms with Gasteiger partial charge < -0.3 is 9.47 Å². The number of benzene rings is 2. The van der Waals surface area contributed by atoms with Gasteiger partial charge in [-0.05, 0) is 43.3 Å². The summed E-state index contributed by atoms with van der Waals surface area (Å²) in [6, 6.07) is 12.2. The summed E-state index contributed by atoms with van der Waals surface area (Å²) in [5.41, 5.74) is 3.76. The van der Waals surface area contributed by atoms with Gasteiger partial charge in [-0.25, -0.2) is 4.99 Å². The first-order valence-corrected chi connectivity index (χ1v) is 7.99. The maximum Gasteiger partial charge on any atom is 0.173 e. The fourth-order valence-corrected chi connectivity index (χ4v) is 2.11. The smallest absolute Gasteiger partial charge is 0.173 e. The minimum atomic E-state index is 0.172. The molecule has 0 unspecified atom stereocenters. The molecule has 26 heavy (non-hydrogen) atoms. The molecule has 0 aliphatic heterocycles. The molecule has 0 heterocycles. The molecule has 0 fully saturated rings. The first kappa shape index (κ1) is 19.4. The zero-order valence-electron chi connectivity index (χ0n) is 14.6. The van der Waals surface area contributed by atoms with Gasteiger partial charge in [0.05, 0.1) is 26.1 Å². The molecule has 0 aromatic heterocycles. The second-order valence-corrected chi connectivity index (χ2v) is 5.52. The number of methoxy groups -OCH3 is 2. The molecule has 2 rings (SSSR count). The third-order valence-electron chi connectivity index (χ3n) is 3.36. The Morgan fingerprint density at radius 2 is 1.85 bits per heavy atom. The number of halogens is 1. The van der Waals surface area contributed by atoms with E-state index in [0.717, 1.165) is 5.56 Å². The molecule has 0 aliphatic rings. The van der Waals surface area contributed by atoms with Crippen molar-refractivity contribution < 1.29 is 14.7 Å². The van der Waals surface area contributed by atoms with E-state index in [9.17, 15) is 5.21 Å². The molecule has 0 radical (unpaired) electrons. The summed E-state index contributed by atoms with van der Waals surface area (Å²) in [5, 5.41) is 18.0. The lowest BCUT2D eigenvalue weighted by Crippen LogP contribution is -2.26. The van der Waals surface area contributed by atoms with Crippen LogP contribution < -0.4 is 15.0 Å². The Bertz CT molecular complexity index is 833. The molecule has 136 valence electrons. The minimum Gasteiger partial charge on any atom is -0.497 e. The van der Waals surface area contributed by atoms with Gasteiger partial charge in [-0.15, -0.1) is 0 Å². The van der Waals surface area contributed by atoms with Gasteiger partial charge in [-0.1, -0.05) is 11.6 Å². The fraction of sp³-hybridized carbons (Fsp3) is 0.167. The van der Waals surface area contributed by atoms with Gasteiger partial charge in [0.2, 0.25) is 0 Å². The van der Waals surface area contributed by atoms with E-state index in [1.165, 1.54) is 0 Å². The summed E-state index contributed by atoms with van der Waals surface area (Å²) in [5.74, 6) is 1.46. The number of ether oxygens (including phenoxy) is 2. The van der Waals surface area contributed by atoms with Crippen molar-refractivity contribution >= 4 is 35.1 Å². The molecule has 8 heteroatoms. The third kappa shape index (κ3) is 5.30. The summed E-state index contributed by atoms with van der Waals surface area (Å²) in [4.78, 5) is 4.25. The van der Waals surface area contributed by atoms with Crippen LogP contribution in [0.25, 0.3) is 0 Å². The van der Waals surface area contributed by atoms with E-state index in [-0.39, 0.29) is 5.84 Å². The highest BCUT2D eigenvalue weighted by molar-refractivity contribution is 6.40. The molecule has 0 bridgehead atoms. The van der Waals surface area contributed by atoms with Crippen LogP contribution in [0.1, 0.15) is 12.5 Å². The SMILES string of the molecule is COc1ccc(/C=N/N=C(\C)C(=Nc2ccc(Cl)cc2)NO)c(OC)c1. The van der Waals surface area contributed by atoms with E-state index in [2.05, 4.69) is 15.2 Å². The van der Waals surface area contributed by atoms with Crippen LogP contribution in [0.3, 0.4) is 0 Å². The normalized spacial score (nSPS) is 12.3. The van der Waals surface area contributed by atoms with E-state index in [0.29, 0.717) is 27.9 Å². The maximum atomic E-state index is 9.30. The molecule has 0 saturated carbocycles. The average Bonchev–Trinajstić information content (AvgIpc) is 2.67.